The van der Waals surface area contributed by atoms with E-state index in [1.807, 2.05) is 47.4 Å². The van der Waals surface area contributed by atoms with Gasteiger partial charge in [0.1, 0.15) is 0 Å². The van der Waals surface area contributed by atoms with Gasteiger partial charge in [0.25, 0.3) is 5.91 Å². The molecule has 1 amide bonds. The Kier molecular flexibility index (Phi) is 4.25. The lowest BCUT2D eigenvalue weighted by Crippen LogP contribution is -2.40. The molecule has 28 heavy (non-hydrogen) atoms. The highest BCUT2D eigenvalue weighted by molar-refractivity contribution is 6.00. The van der Waals surface area contributed by atoms with E-state index in [-0.39, 0.29) is 11.9 Å². The maximum Gasteiger partial charge on any atom is 0.257 e. The van der Waals surface area contributed by atoms with Gasteiger partial charge in [-0.2, -0.15) is 0 Å². The molecule has 3 nitrogen and oxygen atoms in total. The van der Waals surface area contributed by atoms with Crippen molar-refractivity contribution in [2.24, 2.45) is 0 Å². The van der Waals surface area contributed by atoms with Crippen LogP contribution in [0.3, 0.4) is 0 Å². The van der Waals surface area contributed by atoms with E-state index in [2.05, 4.69) is 42.5 Å². The summed E-state index contributed by atoms with van der Waals surface area (Å²) in [6, 6.07) is 28.6. The zero-order valence-corrected chi connectivity index (χ0v) is 15.8. The van der Waals surface area contributed by atoms with Crippen molar-refractivity contribution >= 4 is 5.91 Å². The Labute approximate surface area is 165 Å². The van der Waals surface area contributed by atoms with Crippen molar-refractivity contribution in [3.05, 3.63) is 107 Å². The van der Waals surface area contributed by atoms with Crippen molar-refractivity contribution in [1.29, 1.82) is 0 Å². The first kappa shape index (κ1) is 17.2. The zero-order valence-electron chi connectivity index (χ0n) is 15.8. The first-order chi connectivity index (χ1) is 13.8. The number of rotatable bonds is 5. The third-order valence-electron chi connectivity index (χ3n) is 5.99. The number of aryl methyl sites for hydroxylation is 1. The summed E-state index contributed by atoms with van der Waals surface area (Å²) in [5.74, 6) is 0.0849. The maximum atomic E-state index is 13.3. The average Bonchev–Trinajstić information content (AvgIpc) is 3.25. The Hall–Kier alpha value is -2.91. The lowest BCUT2D eigenvalue weighted by atomic mass is 9.94. The number of carbonyl (C=O) groups is 1. The van der Waals surface area contributed by atoms with Gasteiger partial charge >= 0.3 is 0 Å². The minimum Gasteiger partial charge on any atom is -0.349 e. The minimum absolute atomic E-state index is 0.0437. The van der Waals surface area contributed by atoms with Gasteiger partial charge < -0.3 is 4.74 Å². The van der Waals surface area contributed by atoms with E-state index in [9.17, 15) is 4.79 Å². The van der Waals surface area contributed by atoms with Crippen LogP contribution in [0.15, 0.2) is 84.9 Å². The van der Waals surface area contributed by atoms with Gasteiger partial charge in [-0.1, -0.05) is 78.9 Å². The van der Waals surface area contributed by atoms with Crippen LogP contribution in [0.4, 0.5) is 0 Å². The van der Waals surface area contributed by atoms with Gasteiger partial charge in [-0.15, -0.1) is 0 Å². The van der Waals surface area contributed by atoms with Crippen LogP contribution in [-0.4, -0.2) is 17.4 Å². The number of ether oxygens (including phenoxy) is 1. The maximum absolute atomic E-state index is 13.3. The second-order valence-electron chi connectivity index (χ2n) is 7.58. The van der Waals surface area contributed by atoms with E-state index in [4.69, 9.17) is 4.74 Å². The minimum atomic E-state index is -0.650. The number of amides is 1. The number of carbonyl (C=O) groups excluding carboxylic acids is 1. The molecule has 2 aliphatic heterocycles. The normalized spacial score (nSPS) is 22.9. The van der Waals surface area contributed by atoms with E-state index in [0.29, 0.717) is 6.61 Å². The molecule has 0 unspecified atom stereocenters. The van der Waals surface area contributed by atoms with Gasteiger partial charge in [-0.3, -0.25) is 9.69 Å². The number of hydrogen-bond donors (Lipinski definition) is 0. The van der Waals surface area contributed by atoms with E-state index >= 15 is 0 Å². The second kappa shape index (κ2) is 6.92. The van der Waals surface area contributed by atoms with Crippen molar-refractivity contribution < 1.29 is 9.53 Å². The molecule has 2 atom stereocenters. The van der Waals surface area contributed by atoms with Gasteiger partial charge in [0, 0.05) is 17.5 Å². The summed E-state index contributed by atoms with van der Waals surface area (Å²) in [4.78, 5) is 15.3. The first-order valence-corrected chi connectivity index (χ1v) is 9.96. The Morgan fingerprint density at radius 3 is 2.36 bits per heavy atom. The summed E-state index contributed by atoms with van der Waals surface area (Å²) < 4.78 is 6.47. The van der Waals surface area contributed by atoms with E-state index < -0.39 is 5.72 Å². The van der Waals surface area contributed by atoms with Crippen LogP contribution >= 0.6 is 0 Å². The van der Waals surface area contributed by atoms with Crippen molar-refractivity contribution in [3.8, 4) is 0 Å². The standard InChI is InChI=1S/C25H23NO2/c27-24-21-15-7-8-16-22(21)25(17-9-12-19-10-3-1-4-11-19)26(24)23(18-28-25)20-13-5-2-6-14-20/h1-8,10-11,13-16,23H,9,12,17-18H2/t23-,25-/m0/s1. The van der Waals surface area contributed by atoms with Crippen LogP contribution in [0.2, 0.25) is 0 Å². The number of nitrogens with zero attached hydrogens (tertiary/aromatic N) is 1. The van der Waals surface area contributed by atoms with Crippen LogP contribution in [-0.2, 0) is 16.9 Å². The third kappa shape index (κ3) is 2.66. The van der Waals surface area contributed by atoms with Gasteiger partial charge in [0.2, 0.25) is 0 Å². The van der Waals surface area contributed by atoms with Crippen molar-refractivity contribution in [2.75, 3.05) is 6.61 Å². The molecule has 0 saturated carbocycles. The molecule has 0 aromatic heterocycles. The monoisotopic (exact) mass is 369 g/mol. The van der Waals surface area contributed by atoms with E-state index in [0.717, 1.165) is 36.0 Å². The third-order valence-corrected chi connectivity index (χ3v) is 5.99. The molecule has 0 N–H and O–H groups in total. The summed E-state index contributed by atoms with van der Waals surface area (Å²) >= 11 is 0. The molecule has 3 heteroatoms. The van der Waals surface area contributed by atoms with Crippen molar-refractivity contribution in [2.45, 2.75) is 31.0 Å². The van der Waals surface area contributed by atoms with Gasteiger partial charge in [0.05, 0.1) is 12.6 Å². The van der Waals surface area contributed by atoms with Gasteiger partial charge in [-0.25, -0.2) is 0 Å². The molecule has 0 radical (unpaired) electrons. The molecular formula is C25H23NO2. The molecule has 1 saturated heterocycles. The topological polar surface area (TPSA) is 29.5 Å². The average molecular weight is 369 g/mol. The highest BCUT2D eigenvalue weighted by atomic mass is 16.5. The molecule has 5 rings (SSSR count). The predicted octanol–water partition coefficient (Wildman–Crippen LogP) is 5.09. The summed E-state index contributed by atoms with van der Waals surface area (Å²) in [7, 11) is 0. The SMILES string of the molecule is O=C1c2ccccc2[C@]2(CCCc3ccccc3)OC[C@@H](c3ccccc3)N12. The van der Waals surface area contributed by atoms with Gasteiger partial charge in [0.15, 0.2) is 5.72 Å². The van der Waals surface area contributed by atoms with Crippen LogP contribution in [0.1, 0.15) is 45.9 Å². The van der Waals surface area contributed by atoms with Crippen molar-refractivity contribution in [1.82, 2.24) is 4.90 Å². The lowest BCUT2D eigenvalue weighted by molar-refractivity contribution is -0.0746. The molecule has 0 aliphatic carbocycles. The summed E-state index contributed by atoms with van der Waals surface area (Å²) in [6.07, 6.45) is 2.74. The fourth-order valence-corrected chi connectivity index (χ4v) is 4.69. The second-order valence-corrected chi connectivity index (χ2v) is 7.58. The predicted molar refractivity (Wildman–Crippen MR) is 109 cm³/mol. The zero-order chi connectivity index (χ0) is 19.0. The molecule has 3 aromatic rings. The van der Waals surface area contributed by atoms with Gasteiger partial charge in [-0.05, 0) is 30.0 Å². The molecule has 2 heterocycles. The molecule has 0 spiro atoms. The summed E-state index contributed by atoms with van der Waals surface area (Å²) in [5, 5.41) is 0. The van der Waals surface area contributed by atoms with Crippen LogP contribution in [0.5, 0.6) is 0 Å². The van der Waals surface area contributed by atoms with E-state index in [1.54, 1.807) is 0 Å². The lowest BCUT2D eigenvalue weighted by Gasteiger charge is -2.34. The molecular weight excluding hydrogens is 346 g/mol. The Morgan fingerprint density at radius 2 is 1.57 bits per heavy atom. The molecule has 2 aliphatic rings. The number of fused-ring (bicyclic) bond motifs is 3. The first-order valence-electron chi connectivity index (χ1n) is 9.96. The molecule has 140 valence electrons. The number of hydrogen-bond acceptors (Lipinski definition) is 2. The molecule has 1 fully saturated rings. The Morgan fingerprint density at radius 1 is 0.893 bits per heavy atom. The Bertz CT molecular complexity index is 986. The van der Waals surface area contributed by atoms with E-state index in [1.165, 1.54) is 5.56 Å². The quantitative estimate of drug-likeness (QED) is 0.627. The summed E-state index contributed by atoms with van der Waals surface area (Å²) in [6.45, 7) is 0.537. The highest BCUT2D eigenvalue weighted by Gasteiger charge is 2.57. The summed E-state index contributed by atoms with van der Waals surface area (Å²) in [5.41, 5.74) is 3.60. The van der Waals surface area contributed by atoms with Crippen LogP contribution in [0, 0.1) is 0 Å². The fourth-order valence-electron chi connectivity index (χ4n) is 4.69. The molecule has 3 aromatic carbocycles. The fraction of sp³-hybridized carbons (Fsp3) is 0.240. The highest BCUT2D eigenvalue weighted by Crippen LogP contribution is 2.52. The Balaban J connectivity index is 1.48. The van der Waals surface area contributed by atoms with Crippen LogP contribution < -0.4 is 0 Å². The number of benzene rings is 3. The van der Waals surface area contributed by atoms with Crippen LogP contribution in [0.25, 0.3) is 0 Å². The smallest absolute Gasteiger partial charge is 0.257 e. The molecule has 0 bridgehead atoms. The van der Waals surface area contributed by atoms with Crippen molar-refractivity contribution in [3.63, 3.8) is 0 Å². The largest absolute Gasteiger partial charge is 0.349 e.